The summed E-state index contributed by atoms with van der Waals surface area (Å²) in [6.45, 7) is 1.30. The third kappa shape index (κ3) is 2.36. The van der Waals surface area contributed by atoms with Crippen LogP contribution in [0, 0.1) is 3.95 Å². The summed E-state index contributed by atoms with van der Waals surface area (Å²) in [5.41, 5.74) is -0.0785. The normalized spacial score (nSPS) is 9.62. The maximum Gasteiger partial charge on any atom is 0.355 e. The highest BCUT2D eigenvalue weighted by molar-refractivity contribution is 7.73. The summed E-state index contributed by atoms with van der Waals surface area (Å²) in [5.74, 6) is -1.47. The fourth-order valence-electron chi connectivity index (χ4n) is 0.727. The van der Waals surface area contributed by atoms with E-state index in [-0.39, 0.29) is 16.6 Å². The zero-order valence-electron chi connectivity index (χ0n) is 6.58. The molecule has 1 amide bonds. The molecule has 1 heterocycles. The van der Waals surface area contributed by atoms with Gasteiger partial charge in [0.2, 0.25) is 5.91 Å². The molecule has 1 rings (SSSR count). The van der Waals surface area contributed by atoms with Crippen LogP contribution in [0.3, 0.4) is 0 Å². The number of hydrogen-bond acceptors (Lipinski definition) is 4. The van der Waals surface area contributed by atoms with Gasteiger partial charge in [0, 0.05) is 6.92 Å². The Bertz CT molecular complexity index is 406. The van der Waals surface area contributed by atoms with Gasteiger partial charge in [-0.1, -0.05) is 11.3 Å². The number of carbonyl (C=O) groups excluding carboxylic acids is 1. The molecule has 7 heteroatoms. The van der Waals surface area contributed by atoms with E-state index in [4.69, 9.17) is 17.3 Å². The molecule has 1 aromatic rings. The summed E-state index contributed by atoms with van der Waals surface area (Å²) < 4.78 is 0.321. The summed E-state index contributed by atoms with van der Waals surface area (Å²) in [4.78, 5) is 23.7. The van der Waals surface area contributed by atoms with Crippen molar-refractivity contribution in [2.45, 2.75) is 6.92 Å². The van der Waals surface area contributed by atoms with Crippen LogP contribution >= 0.6 is 23.6 Å². The number of thiazole rings is 1. The Morgan fingerprint density at radius 1 is 1.62 bits per heavy atom. The van der Waals surface area contributed by atoms with Crippen molar-refractivity contribution in [1.29, 1.82) is 0 Å². The van der Waals surface area contributed by atoms with Gasteiger partial charge >= 0.3 is 5.97 Å². The highest BCUT2D eigenvalue weighted by Gasteiger charge is 2.13. The van der Waals surface area contributed by atoms with Gasteiger partial charge in [0.1, 0.15) is 5.00 Å². The average Bonchev–Trinajstić information content (AvgIpc) is 2.29. The molecule has 70 valence electrons. The van der Waals surface area contributed by atoms with E-state index in [1.807, 2.05) is 0 Å². The molecule has 0 atom stereocenters. The summed E-state index contributed by atoms with van der Waals surface area (Å²) in [6, 6.07) is 0. The highest BCUT2D eigenvalue weighted by atomic mass is 32.1. The van der Waals surface area contributed by atoms with Gasteiger partial charge in [-0.25, -0.2) is 4.79 Å². The predicted molar refractivity (Wildman–Crippen MR) is 50.8 cm³/mol. The molecule has 0 fully saturated rings. The van der Waals surface area contributed by atoms with Crippen molar-refractivity contribution in [3.63, 3.8) is 0 Å². The van der Waals surface area contributed by atoms with Crippen molar-refractivity contribution in [1.82, 2.24) is 4.98 Å². The molecule has 0 spiro atoms. The van der Waals surface area contributed by atoms with Gasteiger partial charge < -0.3 is 15.4 Å². The largest absolute Gasteiger partial charge is 0.476 e. The smallest absolute Gasteiger partial charge is 0.355 e. The van der Waals surface area contributed by atoms with Crippen molar-refractivity contribution in [2.24, 2.45) is 0 Å². The molecule has 0 unspecified atom stereocenters. The molecule has 0 radical (unpaired) electrons. The van der Waals surface area contributed by atoms with Gasteiger partial charge in [0.15, 0.2) is 9.65 Å². The Kier molecular flexibility index (Phi) is 2.79. The number of rotatable bonds is 2. The van der Waals surface area contributed by atoms with E-state index >= 15 is 0 Å². The van der Waals surface area contributed by atoms with Gasteiger partial charge in [-0.3, -0.25) is 4.79 Å². The van der Waals surface area contributed by atoms with Gasteiger partial charge in [0.05, 0.1) is 0 Å². The van der Waals surface area contributed by atoms with E-state index in [1.54, 1.807) is 0 Å². The van der Waals surface area contributed by atoms with Crippen molar-refractivity contribution in [3.05, 3.63) is 9.65 Å². The Labute approximate surface area is 82.4 Å². The number of nitrogens with one attached hydrogen (secondary N) is 2. The van der Waals surface area contributed by atoms with Crippen LogP contribution in [-0.4, -0.2) is 22.0 Å². The van der Waals surface area contributed by atoms with E-state index in [1.165, 1.54) is 6.92 Å². The molecule has 3 N–H and O–H groups in total. The lowest BCUT2D eigenvalue weighted by Crippen LogP contribution is -2.08. The van der Waals surface area contributed by atoms with Crippen LogP contribution in [-0.2, 0) is 4.79 Å². The monoisotopic (exact) mass is 218 g/mol. The zero-order chi connectivity index (χ0) is 10.0. The molecule has 0 aromatic carbocycles. The molecule has 0 bridgehead atoms. The molecule has 5 nitrogen and oxygen atoms in total. The lowest BCUT2D eigenvalue weighted by atomic mass is 10.4. The molecule has 0 saturated heterocycles. The second-order valence-corrected chi connectivity index (χ2v) is 3.89. The molecule has 0 aliphatic rings. The number of H-pyrrole nitrogens is 1. The number of anilines is 1. The van der Waals surface area contributed by atoms with E-state index in [0.717, 1.165) is 11.3 Å². The van der Waals surface area contributed by atoms with Crippen LogP contribution < -0.4 is 5.32 Å². The molecule has 0 saturated carbocycles. The van der Waals surface area contributed by atoms with Crippen LogP contribution in [0.5, 0.6) is 0 Å². The van der Waals surface area contributed by atoms with Gasteiger partial charge in [-0.05, 0) is 12.2 Å². The minimum absolute atomic E-state index is 0.0785. The maximum absolute atomic E-state index is 10.7. The first-order valence-electron chi connectivity index (χ1n) is 3.24. The second kappa shape index (κ2) is 3.67. The molecule has 0 aliphatic carbocycles. The second-order valence-electron chi connectivity index (χ2n) is 2.20. The number of carboxylic acid groups (broad SMARTS) is 1. The summed E-state index contributed by atoms with van der Waals surface area (Å²) in [5, 5.41) is 11.3. The van der Waals surface area contributed by atoms with Crippen molar-refractivity contribution >= 4 is 40.4 Å². The van der Waals surface area contributed by atoms with E-state index in [2.05, 4.69) is 10.3 Å². The predicted octanol–water partition coefficient (Wildman–Crippen LogP) is 1.46. The average molecular weight is 218 g/mol. The Balaban J connectivity index is 3.11. The topological polar surface area (TPSA) is 82.2 Å². The first kappa shape index (κ1) is 9.87. The van der Waals surface area contributed by atoms with Crippen molar-refractivity contribution in [3.8, 4) is 0 Å². The summed E-state index contributed by atoms with van der Waals surface area (Å²) >= 11 is 5.76. The molecular weight excluding hydrogens is 212 g/mol. The highest BCUT2D eigenvalue weighted by Crippen LogP contribution is 2.21. The van der Waals surface area contributed by atoms with E-state index < -0.39 is 5.97 Å². The minimum atomic E-state index is -1.14. The first-order chi connectivity index (χ1) is 6.00. The lowest BCUT2D eigenvalue weighted by Gasteiger charge is -1.97. The van der Waals surface area contributed by atoms with Crippen LogP contribution in [0.2, 0.25) is 0 Å². The first-order valence-corrected chi connectivity index (χ1v) is 4.47. The van der Waals surface area contributed by atoms with Gasteiger partial charge in [-0.15, -0.1) is 0 Å². The number of hydrogen-bond donors (Lipinski definition) is 3. The Morgan fingerprint density at radius 2 is 2.23 bits per heavy atom. The van der Waals surface area contributed by atoms with E-state index in [9.17, 15) is 9.59 Å². The lowest BCUT2D eigenvalue weighted by molar-refractivity contribution is -0.114. The van der Waals surface area contributed by atoms with Gasteiger partial charge in [0.25, 0.3) is 0 Å². The van der Waals surface area contributed by atoms with Crippen LogP contribution in [0.15, 0.2) is 0 Å². The number of carboxylic acids is 1. The fraction of sp³-hybridized carbons (Fsp3) is 0.167. The summed E-state index contributed by atoms with van der Waals surface area (Å²) in [7, 11) is 0. The number of aromatic amines is 1. The minimum Gasteiger partial charge on any atom is -0.476 e. The van der Waals surface area contributed by atoms with Crippen LogP contribution in [0.25, 0.3) is 0 Å². The maximum atomic E-state index is 10.7. The SMILES string of the molecule is CC(=O)Nc1sc(=S)[nH]c1C(=O)O. The number of aromatic nitrogens is 1. The standard InChI is InChI=1S/C6H6N2O3S2/c1-2(9)7-4-3(5(10)11)8-6(12)13-4/h1H3,(H,7,9)(H,8,12)(H,10,11). The van der Waals surface area contributed by atoms with Crippen LogP contribution in [0.4, 0.5) is 5.00 Å². The Hall–Kier alpha value is -1.21. The zero-order valence-corrected chi connectivity index (χ0v) is 8.21. The number of carbonyl (C=O) groups is 2. The van der Waals surface area contributed by atoms with Crippen molar-refractivity contribution in [2.75, 3.05) is 5.32 Å². The van der Waals surface area contributed by atoms with Gasteiger partial charge in [-0.2, -0.15) is 0 Å². The number of aromatic carboxylic acids is 1. The third-order valence-corrected chi connectivity index (χ3v) is 2.30. The van der Waals surface area contributed by atoms with Crippen molar-refractivity contribution < 1.29 is 14.7 Å². The van der Waals surface area contributed by atoms with Crippen LogP contribution in [0.1, 0.15) is 17.4 Å². The number of amides is 1. The van der Waals surface area contributed by atoms with E-state index in [0.29, 0.717) is 3.95 Å². The molecular formula is C6H6N2O3S2. The quantitative estimate of drug-likeness (QED) is 0.656. The molecule has 13 heavy (non-hydrogen) atoms. The summed E-state index contributed by atoms with van der Waals surface area (Å²) in [6.07, 6.45) is 0. The third-order valence-electron chi connectivity index (χ3n) is 1.15. The Morgan fingerprint density at radius 3 is 2.69 bits per heavy atom. The molecule has 1 aromatic heterocycles. The fourth-order valence-corrected chi connectivity index (χ4v) is 1.85. The molecule has 0 aliphatic heterocycles.